The molecule has 0 rings (SSSR count). The molecule has 0 saturated heterocycles. The first-order chi connectivity index (χ1) is 12.9. The molecule has 158 valence electrons. The molecule has 1 unspecified atom stereocenters. The topological polar surface area (TPSA) is 88.1 Å². The molecule has 27 heavy (non-hydrogen) atoms. The lowest BCUT2D eigenvalue weighted by atomic mass is 10.1. The van der Waals surface area contributed by atoms with Crippen LogP contribution in [0.25, 0.3) is 0 Å². The number of esters is 2. The molecule has 0 saturated carbocycles. The van der Waals surface area contributed by atoms with E-state index in [-0.39, 0.29) is 32.0 Å². The number of unbranched alkanes of at least 4 members (excludes halogenated alkanes) is 6. The Balaban J connectivity index is 4.24. The van der Waals surface area contributed by atoms with E-state index in [1.807, 2.05) is 13.8 Å². The van der Waals surface area contributed by atoms with Crippen LogP contribution >= 0.6 is 0 Å². The molecular formula is C20H36O7. The minimum absolute atomic E-state index is 0.147. The van der Waals surface area contributed by atoms with Gasteiger partial charge in [-0.05, 0) is 12.3 Å². The van der Waals surface area contributed by atoms with Crippen molar-refractivity contribution in [2.75, 3.05) is 13.2 Å². The number of ether oxygens (including phenoxy) is 4. The summed E-state index contributed by atoms with van der Waals surface area (Å²) in [6, 6.07) is 0. The third kappa shape index (κ3) is 16.1. The van der Waals surface area contributed by atoms with E-state index in [0.29, 0.717) is 6.42 Å². The van der Waals surface area contributed by atoms with Crippen molar-refractivity contribution in [2.24, 2.45) is 5.92 Å². The van der Waals surface area contributed by atoms with E-state index in [2.05, 4.69) is 6.92 Å². The van der Waals surface area contributed by atoms with Gasteiger partial charge in [-0.15, -0.1) is 0 Å². The SMILES string of the molecule is CCCCCCCCCC(=O)OC(COC(=O)CC)OC(=O)OCC(C)C. The first-order valence-corrected chi connectivity index (χ1v) is 10.1. The largest absolute Gasteiger partial charge is 0.511 e. The molecule has 0 heterocycles. The molecule has 0 bridgehead atoms. The summed E-state index contributed by atoms with van der Waals surface area (Å²) in [7, 11) is 0. The minimum atomic E-state index is -1.29. The molecule has 0 aliphatic heterocycles. The Bertz CT molecular complexity index is 421. The van der Waals surface area contributed by atoms with Crippen molar-refractivity contribution in [3.05, 3.63) is 0 Å². The van der Waals surface area contributed by atoms with Crippen LogP contribution in [0.5, 0.6) is 0 Å². The van der Waals surface area contributed by atoms with Crippen molar-refractivity contribution < 1.29 is 33.3 Å². The Morgan fingerprint density at radius 1 is 0.741 bits per heavy atom. The lowest BCUT2D eigenvalue weighted by Crippen LogP contribution is -2.31. The number of carbonyl (C=O) groups is 3. The molecule has 7 nitrogen and oxygen atoms in total. The minimum Gasteiger partial charge on any atom is -0.458 e. The molecule has 0 N–H and O–H groups in total. The molecule has 0 radical (unpaired) electrons. The molecule has 0 aliphatic rings. The predicted molar refractivity (Wildman–Crippen MR) is 101 cm³/mol. The van der Waals surface area contributed by atoms with Gasteiger partial charge in [-0.25, -0.2) is 4.79 Å². The fraction of sp³-hybridized carbons (Fsp3) is 0.850. The highest BCUT2D eigenvalue weighted by atomic mass is 16.8. The predicted octanol–water partition coefficient (Wildman–Crippen LogP) is 4.76. The van der Waals surface area contributed by atoms with Gasteiger partial charge in [0.25, 0.3) is 6.29 Å². The van der Waals surface area contributed by atoms with Gasteiger partial charge in [0.05, 0.1) is 6.61 Å². The van der Waals surface area contributed by atoms with Gasteiger partial charge in [0, 0.05) is 12.8 Å². The summed E-state index contributed by atoms with van der Waals surface area (Å²) in [6.07, 6.45) is 5.75. The molecule has 0 fully saturated rings. The van der Waals surface area contributed by atoms with Gasteiger partial charge in [-0.1, -0.05) is 66.2 Å². The summed E-state index contributed by atoms with van der Waals surface area (Å²) in [4.78, 5) is 34.9. The van der Waals surface area contributed by atoms with Gasteiger partial charge in [-0.2, -0.15) is 0 Å². The zero-order chi connectivity index (χ0) is 20.5. The van der Waals surface area contributed by atoms with Crippen LogP contribution in [0.2, 0.25) is 0 Å². The zero-order valence-corrected chi connectivity index (χ0v) is 17.3. The van der Waals surface area contributed by atoms with Crippen LogP contribution in [-0.4, -0.2) is 37.6 Å². The summed E-state index contributed by atoms with van der Waals surface area (Å²) in [6.45, 7) is 7.43. The number of hydrogen-bond acceptors (Lipinski definition) is 7. The van der Waals surface area contributed by atoms with E-state index < -0.39 is 24.4 Å². The monoisotopic (exact) mass is 388 g/mol. The standard InChI is InChI=1S/C20H36O7/c1-5-7-8-9-10-11-12-13-18(22)26-19(15-24-17(21)6-2)27-20(23)25-14-16(3)4/h16,19H,5-15H2,1-4H3. The third-order valence-corrected chi connectivity index (χ3v) is 3.68. The molecule has 0 amide bonds. The second-order valence-corrected chi connectivity index (χ2v) is 6.90. The Morgan fingerprint density at radius 2 is 1.37 bits per heavy atom. The molecule has 0 aromatic carbocycles. The summed E-state index contributed by atoms with van der Waals surface area (Å²) in [5.41, 5.74) is 0. The van der Waals surface area contributed by atoms with Crippen LogP contribution in [0.3, 0.4) is 0 Å². The average molecular weight is 389 g/mol. The third-order valence-electron chi connectivity index (χ3n) is 3.68. The van der Waals surface area contributed by atoms with Gasteiger partial charge < -0.3 is 18.9 Å². The quantitative estimate of drug-likeness (QED) is 0.173. The maximum Gasteiger partial charge on any atom is 0.511 e. The summed E-state index contributed by atoms with van der Waals surface area (Å²) >= 11 is 0. The number of carbonyl (C=O) groups excluding carboxylic acids is 3. The van der Waals surface area contributed by atoms with Crippen LogP contribution in [0.1, 0.15) is 85.5 Å². The highest BCUT2D eigenvalue weighted by Gasteiger charge is 2.22. The maximum absolute atomic E-state index is 12.0. The van der Waals surface area contributed by atoms with Crippen LogP contribution < -0.4 is 0 Å². The van der Waals surface area contributed by atoms with Crippen LogP contribution in [0.4, 0.5) is 4.79 Å². The first-order valence-electron chi connectivity index (χ1n) is 10.1. The van der Waals surface area contributed by atoms with Crippen LogP contribution in [-0.2, 0) is 28.5 Å². The van der Waals surface area contributed by atoms with Crippen LogP contribution in [0.15, 0.2) is 0 Å². The molecule has 0 aromatic rings. The fourth-order valence-electron chi connectivity index (χ4n) is 2.16. The van der Waals surface area contributed by atoms with E-state index in [0.717, 1.165) is 12.8 Å². The second-order valence-electron chi connectivity index (χ2n) is 6.90. The van der Waals surface area contributed by atoms with Crippen molar-refractivity contribution in [1.29, 1.82) is 0 Å². The van der Waals surface area contributed by atoms with Crippen molar-refractivity contribution in [1.82, 2.24) is 0 Å². The Labute approximate surface area is 163 Å². The first kappa shape index (κ1) is 25.2. The van der Waals surface area contributed by atoms with Crippen molar-refractivity contribution >= 4 is 18.1 Å². The van der Waals surface area contributed by atoms with Crippen molar-refractivity contribution in [3.63, 3.8) is 0 Å². The molecule has 0 aromatic heterocycles. The summed E-state index contributed by atoms with van der Waals surface area (Å²) in [5, 5.41) is 0. The normalized spacial score (nSPS) is 11.7. The van der Waals surface area contributed by atoms with E-state index in [1.54, 1.807) is 6.92 Å². The van der Waals surface area contributed by atoms with Gasteiger partial charge in [0.15, 0.2) is 6.61 Å². The summed E-state index contributed by atoms with van der Waals surface area (Å²) < 4.78 is 19.9. The molecular weight excluding hydrogens is 352 g/mol. The van der Waals surface area contributed by atoms with Gasteiger partial charge in [-0.3, -0.25) is 9.59 Å². The second kappa shape index (κ2) is 16.4. The maximum atomic E-state index is 12.0. The fourth-order valence-corrected chi connectivity index (χ4v) is 2.16. The van der Waals surface area contributed by atoms with Gasteiger partial charge in [0.2, 0.25) is 0 Å². The molecule has 7 heteroatoms. The summed E-state index contributed by atoms with van der Waals surface area (Å²) in [5.74, 6) is -0.811. The number of hydrogen-bond donors (Lipinski definition) is 0. The van der Waals surface area contributed by atoms with Crippen molar-refractivity contribution in [2.45, 2.75) is 91.8 Å². The lowest BCUT2D eigenvalue weighted by molar-refractivity contribution is -0.186. The highest BCUT2D eigenvalue weighted by molar-refractivity contribution is 5.70. The lowest BCUT2D eigenvalue weighted by Gasteiger charge is -2.18. The number of rotatable bonds is 15. The van der Waals surface area contributed by atoms with Gasteiger partial charge >= 0.3 is 18.1 Å². The molecule has 0 aliphatic carbocycles. The van der Waals surface area contributed by atoms with Crippen LogP contribution in [0, 0.1) is 5.92 Å². The van der Waals surface area contributed by atoms with E-state index in [9.17, 15) is 14.4 Å². The van der Waals surface area contributed by atoms with E-state index in [1.165, 1.54) is 25.7 Å². The Hall–Kier alpha value is -1.79. The van der Waals surface area contributed by atoms with E-state index in [4.69, 9.17) is 18.9 Å². The molecule has 1 atom stereocenters. The molecule has 0 spiro atoms. The average Bonchev–Trinajstić information content (AvgIpc) is 2.63. The van der Waals surface area contributed by atoms with E-state index >= 15 is 0 Å². The van der Waals surface area contributed by atoms with Gasteiger partial charge in [0.1, 0.15) is 0 Å². The Morgan fingerprint density at radius 3 is 1.96 bits per heavy atom. The Kier molecular flexibility index (Phi) is 15.3. The van der Waals surface area contributed by atoms with Crippen molar-refractivity contribution in [3.8, 4) is 0 Å². The highest BCUT2D eigenvalue weighted by Crippen LogP contribution is 2.10. The smallest absolute Gasteiger partial charge is 0.458 e. The zero-order valence-electron chi connectivity index (χ0n) is 17.3.